The first-order valence-electron chi connectivity index (χ1n) is 6.25. The van der Waals surface area contributed by atoms with Crippen molar-refractivity contribution in [3.63, 3.8) is 0 Å². The molecule has 0 radical (unpaired) electrons. The van der Waals surface area contributed by atoms with Crippen LogP contribution in [0.4, 0.5) is 0 Å². The number of hydrogen-bond acceptors (Lipinski definition) is 5. The number of sulfonamides is 1. The van der Waals surface area contributed by atoms with Gasteiger partial charge in [-0.05, 0) is 25.0 Å². The lowest BCUT2D eigenvalue weighted by Gasteiger charge is -2.16. The summed E-state index contributed by atoms with van der Waals surface area (Å²) < 4.78 is 32.6. The minimum atomic E-state index is -3.48. The summed E-state index contributed by atoms with van der Waals surface area (Å²) in [4.78, 5) is 0.902. The third kappa shape index (κ3) is 4.54. The van der Waals surface area contributed by atoms with Crippen LogP contribution in [0.2, 0.25) is 0 Å². The van der Waals surface area contributed by atoms with Gasteiger partial charge in [-0.1, -0.05) is 13.3 Å². The zero-order valence-corrected chi connectivity index (χ0v) is 13.2. The normalized spacial score (nSPS) is 13.7. The van der Waals surface area contributed by atoms with Crippen molar-refractivity contribution in [3.05, 3.63) is 16.5 Å². The first kappa shape index (κ1) is 16.6. The van der Waals surface area contributed by atoms with Crippen LogP contribution >= 0.6 is 11.3 Å². The van der Waals surface area contributed by atoms with E-state index in [1.165, 1.54) is 11.3 Å². The molecule has 0 fully saturated rings. The van der Waals surface area contributed by atoms with E-state index in [1.807, 2.05) is 13.8 Å². The number of nitrogens with one attached hydrogen (secondary N) is 1. The Morgan fingerprint density at radius 2 is 2.21 bits per heavy atom. The zero-order valence-electron chi connectivity index (χ0n) is 11.6. The second-order valence-corrected chi connectivity index (χ2v) is 7.52. The number of hydrogen-bond donors (Lipinski definition) is 2. The second-order valence-electron chi connectivity index (χ2n) is 4.44. The van der Waals surface area contributed by atoms with E-state index in [4.69, 9.17) is 10.5 Å². The van der Waals surface area contributed by atoms with Crippen molar-refractivity contribution in [1.82, 2.24) is 4.72 Å². The van der Waals surface area contributed by atoms with Crippen LogP contribution in [0.5, 0.6) is 0 Å². The molecule has 1 rings (SSSR count). The minimum Gasteiger partial charge on any atom is -0.383 e. The van der Waals surface area contributed by atoms with Crippen molar-refractivity contribution in [2.75, 3.05) is 13.7 Å². The van der Waals surface area contributed by atoms with E-state index in [1.54, 1.807) is 13.2 Å². The number of aryl methyl sites for hydroxylation is 1. The van der Waals surface area contributed by atoms with Gasteiger partial charge < -0.3 is 10.5 Å². The van der Waals surface area contributed by atoms with E-state index in [-0.39, 0.29) is 6.04 Å². The Balaban J connectivity index is 2.89. The Labute approximate surface area is 119 Å². The van der Waals surface area contributed by atoms with Crippen LogP contribution in [0.1, 0.15) is 30.2 Å². The van der Waals surface area contributed by atoms with Crippen LogP contribution < -0.4 is 10.5 Å². The summed E-state index contributed by atoms with van der Waals surface area (Å²) in [7, 11) is -1.91. The maximum Gasteiger partial charge on any atom is 0.250 e. The largest absolute Gasteiger partial charge is 0.383 e. The summed E-state index contributed by atoms with van der Waals surface area (Å²) in [5.41, 5.74) is 6.50. The smallest absolute Gasteiger partial charge is 0.250 e. The molecule has 3 N–H and O–H groups in total. The third-order valence-electron chi connectivity index (χ3n) is 2.78. The van der Waals surface area contributed by atoms with Gasteiger partial charge in [-0.3, -0.25) is 0 Å². The average Bonchev–Trinajstić information content (AvgIpc) is 2.71. The molecular formula is C12H22N2O3S2. The highest BCUT2D eigenvalue weighted by molar-refractivity contribution is 7.91. The molecule has 1 aromatic heterocycles. The molecule has 1 unspecified atom stereocenters. The molecule has 1 heterocycles. The average molecular weight is 306 g/mol. The summed E-state index contributed by atoms with van der Waals surface area (Å²) in [5, 5.41) is 0. The first-order valence-corrected chi connectivity index (χ1v) is 8.55. The summed E-state index contributed by atoms with van der Waals surface area (Å²) in [6, 6.07) is 1.48. The Morgan fingerprint density at radius 3 is 2.68 bits per heavy atom. The standard InChI is InChI=1S/C12H22N2O3S2/c1-4-5-10(8-17-3)14-19(15,16)12-6-9(2)11(7-13)18-12/h6,10,14H,4-5,7-8,13H2,1-3H3. The van der Waals surface area contributed by atoms with Crippen LogP contribution in [0.3, 0.4) is 0 Å². The van der Waals surface area contributed by atoms with E-state index in [0.717, 1.165) is 23.3 Å². The Hall–Kier alpha value is -0.470. The van der Waals surface area contributed by atoms with Gasteiger partial charge in [-0.2, -0.15) is 0 Å². The highest BCUT2D eigenvalue weighted by atomic mass is 32.2. The van der Waals surface area contributed by atoms with E-state index in [0.29, 0.717) is 17.4 Å². The molecule has 0 aromatic carbocycles. The molecule has 7 heteroatoms. The Bertz CT molecular complexity index is 491. The van der Waals surface area contributed by atoms with E-state index >= 15 is 0 Å². The highest BCUT2D eigenvalue weighted by Crippen LogP contribution is 2.25. The second kappa shape index (κ2) is 7.35. The van der Waals surface area contributed by atoms with Crippen molar-refractivity contribution in [3.8, 4) is 0 Å². The third-order valence-corrected chi connectivity index (χ3v) is 6.03. The van der Waals surface area contributed by atoms with Gasteiger partial charge in [0, 0.05) is 24.6 Å². The predicted molar refractivity (Wildman–Crippen MR) is 77.8 cm³/mol. The molecule has 110 valence electrons. The number of methoxy groups -OCH3 is 1. The SMILES string of the molecule is CCCC(COC)NS(=O)(=O)c1cc(C)c(CN)s1. The fraction of sp³-hybridized carbons (Fsp3) is 0.667. The molecule has 5 nitrogen and oxygen atoms in total. The topological polar surface area (TPSA) is 81.4 Å². The van der Waals surface area contributed by atoms with E-state index in [2.05, 4.69) is 4.72 Å². The van der Waals surface area contributed by atoms with Crippen molar-refractivity contribution in [2.24, 2.45) is 5.73 Å². The fourth-order valence-corrected chi connectivity index (χ4v) is 4.57. The molecule has 0 aliphatic heterocycles. The maximum absolute atomic E-state index is 12.3. The lowest BCUT2D eigenvalue weighted by atomic mass is 10.2. The van der Waals surface area contributed by atoms with Gasteiger partial charge >= 0.3 is 0 Å². The van der Waals surface area contributed by atoms with Gasteiger partial charge in [-0.15, -0.1) is 11.3 Å². The predicted octanol–water partition coefficient (Wildman–Crippen LogP) is 1.61. The fourth-order valence-electron chi connectivity index (χ4n) is 1.83. The zero-order chi connectivity index (χ0) is 14.5. The van der Waals surface area contributed by atoms with Gasteiger partial charge in [0.15, 0.2) is 0 Å². The van der Waals surface area contributed by atoms with Crippen molar-refractivity contribution < 1.29 is 13.2 Å². The van der Waals surface area contributed by atoms with Crippen LogP contribution in [-0.2, 0) is 21.3 Å². The molecule has 1 atom stereocenters. The van der Waals surface area contributed by atoms with Crippen LogP contribution in [0.15, 0.2) is 10.3 Å². The van der Waals surface area contributed by atoms with Crippen molar-refractivity contribution in [1.29, 1.82) is 0 Å². The summed E-state index contributed by atoms with van der Waals surface area (Å²) in [6.45, 7) is 4.62. The monoisotopic (exact) mass is 306 g/mol. The van der Waals surface area contributed by atoms with E-state index in [9.17, 15) is 8.42 Å². The maximum atomic E-state index is 12.3. The molecule has 0 aliphatic carbocycles. The number of rotatable bonds is 8. The molecule has 0 saturated heterocycles. The summed E-state index contributed by atoms with van der Waals surface area (Å²) in [6.07, 6.45) is 1.65. The quantitative estimate of drug-likeness (QED) is 0.764. The van der Waals surface area contributed by atoms with Gasteiger partial charge in [-0.25, -0.2) is 13.1 Å². The molecule has 0 amide bonds. The number of thiophene rings is 1. The van der Waals surface area contributed by atoms with Crippen LogP contribution in [-0.4, -0.2) is 28.2 Å². The van der Waals surface area contributed by atoms with Gasteiger partial charge in [0.05, 0.1) is 6.61 Å². The first-order chi connectivity index (χ1) is 8.94. The van der Waals surface area contributed by atoms with Crippen LogP contribution in [0.25, 0.3) is 0 Å². The lowest BCUT2D eigenvalue weighted by molar-refractivity contribution is 0.171. The molecule has 0 aliphatic rings. The van der Waals surface area contributed by atoms with Gasteiger partial charge in [0.1, 0.15) is 4.21 Å². The summed E-state index contributed by atoms with van der Waals surface area (Å²) >= 11 is 1.23. The number of ether oxygens (including phenoxy) is 1. The highest BCUT2D eigenvalue weighted by Gasteiger charge is 2.22. The van der Waals surface area contributed by atoms with Crippen LogP contribution in [0, 0.1) is 6.92 Å². The molecule has 19 heavy (non-hydrogen) atoms. The number of nitrogens with two attached hydrogens (primary N) is 1. The molecule has 0 spiro atoms. The summed E-state index contributed by atoms with van der Waals surface area (Å²) in [5.74, 6) is 0. The lowest BCUT2D eigenvalue weighted by Crippen LogP contribution is -2.37. The Morgan fingerprint density at radius 1 is 1.53 bits per heavy atom. The minimum absolute atomic E-state index is 0.191. The molecule has 0 saturated carbocycles. The van der Waals surface area contributed by atoms with Crippen molar-refractivity contribution in [2.45, 2.75) is 43.5 Å². The Kier molecular flexibility index (Phi) is 6.41. The molecular weight excluding hydrogens is 284 g/mol. The van der Waals surface area contributed by atoms with Crippen molar-refractivity contribution >= 4 is 21.4 Å². The van der Waals surface area contributed by atoms with Gasteiger partial charge in [0.2, 0.25) is 10.0 Å². The molecule has 0 bridgehead atoms. The molecule has 1 aromatic rings. The van der Waals surface area contributed by atoms with E-state index < -0.39 is 10.0 Å². The van der Waals surface area contributed by atoms with Gasteiger partial charge in [0.25, 0.3) is 0 Å².